The number of amides is 1. The average molecular weight is 305 g/mol. The summed E-state index contributed by atoms with van der Waals surface area (Å²) in [5.41, 5.74) is 1.05. The van der Waals surface area contributed by atoms with Gasteiger partial charge in [0.1, 0.15) is 0 Å². The van der Waals surface area contributed by atoms with Gasteiger partial charge in [0.05, 0.1) is 5.92 Å². The highest BCUT2D eigenvalue weighted by Crippen LogP contribution is 2.24. The Kier molecular flexibility index (Phi) is 8.26. The largest absolute Gasteiger partial charge is 0.481 e. The maximum atomic E-state index is 12.4. The van der Waals surface area contributed by atoms with E-state index in [4.69, 9.17) is 5.11 Å². The van der Waals surface area contributed by atoms with Gasteiger partial charge in [0, 0.05) is 13.0 Å². The van der Waals surface area contributed by atoms with Crippen molar-refractivity contribution in [1.29, 1.82) is 0 Å². The first-order chi connectivity index (χ1) is 10.5. The molecule has 1 aromatic carbocycles. The molecule has 0 fully saturated rings. The van der Waals surface area contributed by atoms with Gasteiger partial charge in [-0.15, -0.1) is 0 Å². The van der Waals surface area contributed by atoms with Gasteiger partial charge in [-0.2, -0.15) is 0 Å². The van der Waals surface area contributed by atoms with Crippen molar-refractivity contribution in [3.63, 3.8) is 0 Å². The molecule has 0 spiro atoms. The molecular formula is C18H27NO3. The molecule has 0 saturated heterocycles. The number of carboxylic acid groups (broad SMARTS) is 1. The minimum atomic E-state index is -0.740. The van der Waals surface area contributed by atoms with Crippen molar-refractivity contribution in [1.82, 2.24) is 5.32 Å². The summed E-state index contributed by atoms with van der Waals surface area (Å²) in [7, 11) is 0. The fourth-order valence-corrected chi connectivity index (χ4v) is 2.58. The van der Waals surface area contributed by atoms with Crippen molar-refractivity contribution in [2.75, 3.05) is 6.54 Å². The van der Waals surface area contributed by atoms with Gasteiger partial charge >= 0.3 is 5.97 Å². The van der Waals surface area contributed by atoms with Gasteiger partial charge in [0.15, 0.2) is 0 Å². The Hall–Kier alpha value is -1.84. The van der Waals surface area contributed by atoms with Crippen LogP contribution in [0.25, 0.3) is 0 Å². The van der Waals surface area contributed by atoms with E-state index in [-0.39, 0.29) is 24.2 Å². The molecule has 4 nitrogen and oxygen atoms in total. The molecule has 0 aliphatic rings. The van der Waals surface area contributed by atoms with Gasteiger partial charge in [0.2, 0.25) is 5.91 Å². The van der Waals surface area contributed by atoms with Crippen LogP contribution in [0.4, 0.5) is 0 Å². The van der Waals surface area contributed by atoms with Crippen LogP contribution >= 0.6 is 0 Å². The van der Waals surface area contributed by atoms with Crippen LogP contribution in [-0.2, 0) is 9.59 Å². The Balaban J connectivity index is 2.32. The molecule has 0 aromatic heterocycles. The van der Waals surface area contributed by atoms with Gasteiger partial charge in [-0.3, -0.25) is 9.59 Å². The van der Waals surface area contributed by atoms with Gasteiger partial charge in [-0.05, 0) is 24.3 Å². The topological polar surface area (TPSA) is 66.4 Å². The highest BCUT2D eigenvalue weighted by atomic mass is 16.4. The van der Waals surface area contributed by atoms with Gasteiger partial charge < -0.3 is 10.4 Å². The smallest absolute Gasteiger partial charge is 0.303 e. The third kappa shape index (κ3) is 6.74. The third-order valence-electron chi connectivity index (χ3n) is 3.72. The second kappa shape index (κ2) is 9.98. The van der Waals surface area contributed by atoms with E-state index in [1.165, 1.54) is 0 Å². The molecule has 0 radical (unpaired) electrons. The SMILES string of the molecule is CC(C)C(C(=O)NCCCCCCC(=O)O)c1ccccc1. The van der Waals surface area contributed by atoms with E-state index < -0.39 is 5.97 Å². The first-order valence-corrected chi connectivity index (χ1v) is 8.07. The van der Waals surface area contributed by atoms with Crippen molar-refractivity contribution in [2.24, 2.45) is 5.92 Å². The summed E-state index contributed by atoms with van der Waals surface area (Å²) >= 11 is 0. The van der Waals surface area contributed by atoms with Gasteiger partial charge in [-0.25, -0.2) is 0 Å². The normalized spacial score (nSPS) is 12.1. The standard InChI is InChI=1S/C18H27NO3/c1-14(2)17(15-10-6-5-7-11-15)18(22)19-13-9-4-3-8-12-16(20)21/h5-7,10-11,14,17H,3-4,8-9,12-13H2,1-2H3,(H,19,22)(H,20,21). The van der Waals surface area contributed by atoms with Crippen LogP contribution in [0.5, 0.6) is 0 Å². The summed E-state index contributed by atoms with van der Waals surface area (Å²) in [5, 5.41) is 11.6. The second-order valence-electron chi connectivity index (χ2n) is 5.98. The number of carbonyl (C=O) groups is 2. The fraction of sp³-hybridized carbons (Fsp3) is 0.556. The van der Waals surface area contributed by atoms with E-state index in [1.54, 1.807) is 0 Å². The fourth-order valence-electron chi connectivity index (χ4n) is 2.58. The Morgan fingerprint density at radius 1 is 1.05 bits per heavy atom. The quantitative estimate of drug-likeness (QED) is 0.649. The van der Waals surface area contributed by atoms with Crippen molar-refractivity contribution < 1.29 is 14.7 Å². The summed E-state index contributed by atoms with van der Waals surface area (Å²) in [6.07, 6.45) is 3.68. The van der Waals surface area contributed by atoms with Crippen LogP contribution in [0.2, 0.25) is 0 Å². The molecule has 1 unspecified atom stereocenters. The Labute approximate surface area is 132 Å². The van der Waals surface area contributed by atoms with E-state index in [1.807, 2.05) is 30.3 Å². The third-order valence-corrected chi connectivity index (χ3v) is 3.72. The van der Waals surface area contributed by atoms with Crippen molar-refractivity contribution >= 4 is 11.9 Å². The first-order valence-electron chi connectivity index (χ1n) is 8.07. The van der Waals surface area contributed by atoms with Crippen LogP contribution in [0.1, 0.15) is 57.4 Å². The van der Waals surface area contributed by atoms with Crippen LogP contribution in [0.3, 0.4) is 0 Å². The number of carboxylic acids is 1. The lowest BCUT2D eigenvalue weighted by atomic mass is 9.87. The van der Waals surface area contributed by atoms with Crippen molar-refractivity contribution in [3.05, 3.63) is 35.9 Å². The minimum Gasteiger partial charge on any atom is -0.481 e. The highest BCUT2D eigenvalue weighted by Gasteiger charge is 2.23. The molecule has 2 N–H and O–H groups in total. The van der Waals surface area contributed by atoms with E-state index in [2.05, 4.69) is 19.2 Å². The Morgan fingerprint density at radius 3 is 2.27 bits per heavy atom. The second-order valence-corrected chi connectivity index (χ2v) is 5.98. The molecule has 1 aromatic rings. The lowest BCUT2D eigenvalue weighted by Gasteiger charge is -2.20. The maximum absolute atomic E-state index is 12.4. The minimum absolute atomic E-state index is 0.0757. The molecule has 1 amide bonds. The van der Waals surface area contributed by atoms with Gasteiger partial charge in [-0.1, -0.05) is 57.0 Å². The summed E-state index contributed by atoms with van der Waals surface area (Å²) in [5.74, 6) is -0.533. The lowest BCUT2D eigenvalue weighted by molar-refractivity contribution is -0.137. The van der Waals surface area contributed by atoms with Crippen LogP contribution in [0, 0.1) is 5.92 Å². The van der Waals surface area contributed by atoms with E-state index in [0.717, 1.165) is 24.8 Å². The van der Waals surface area contributed by atoms with Crippen LogP contribution in [0.15, 0.2) is 30.3 Å². The first kappa shape index (κ1) is 18.2. The van der Waals surface area contributed by atoms with Crippen molar-refractivity contribution in [2.45, 2.75) is 51.9 Å². The molecule has 122 valence electrons. The molecule has 0 bridgehead atoms. The van der Waals surface area contributed by atoms with Crippen molar-refractivity contribution in [3.8, 4) is 0 Å². The molecule has 0 aliphatic heterocycles. The van der Waals surface area contributed by atoms with E-state index in [9.17, 15) is 9.59 Å². The molecular weight excluding hydrogens is 278 g/mol. The molecule has 0 aliphatic carbocycles. The highest BCUT2D eigenvalue weighted by molar-refractivity contribution is 5.83. The number of aliphatic carboxylic acids is 1. The molecule has 4 heteroatoms. The summed E-state index contributed by atoms with van der Waals surface area (Å²) < 4.78 is 0. The predicted octanol–water partition coefficient (Wildman–Crippen LogP) is 3.58. The summed E-state index contributed by atoms with van der Waals surface area (Å²) in [6.45, 7) is 4.77. The zero-order valence-electron chi connectivity index (χ0n) is 13.5. The molecule has 0 heterocycles. The number of hydrogen-bond acceptors (Lipinski definition) is 2. The maximum Gasteiger partial charge on any atom is 0.303 e. The Bertz CT molecular complexity index is 457. The zero-order chi connectivity index (χ0) is 16.4. The van der Waals surface area contributed by atoms with Crippen LogP contribution < -0.4 is 5.32 Å². The Morgan fingerprint density at radius 2 is 1.68 bits per heavy atom. The number of hydrogen-bond donors (Lipinski definition) is 2. The number of rotatable bonds is 10. The van der Waals surface area contributed by atoms with Crippen LogP contribution in [-0.4, -0.2) is 23.5 Å². The van der Waals surface area contributed by atoms with E-state index in [0.29, 0.717) is 13.0 Å². The average Bonchev–Trinajstić information content (AvgIpc) is 2.47. The summed E-state index contributed by atoms with van der Waals surface area (Å²) in [6, 6.07) is 9.86. The zero-order valence-corrected chi connectivity index (χ0v) is 13.5. The number of benzene rings is 1. The number of nitrogens with one attached hydrogen (secondary N) is 1. The van der Waals surface area contributed by atoms with E-state index >= 15 is 0 Å². The molecule has 1 atom stereocenters. The van der Waals surface area contributed by atoms with Gasteiger partial charge in [0.25, 0.3) is 0 Å². The molecule has 0 saturated carbocycles. The lowest BCUT2D eigenvalue weighted by Crippen LogP contribution is -2.32. The number of unbranched alkanes of at least 4 members (excludes halogenated alkanes) is 3. The molecule has 22 heavy (non-hydrogen) atoms. The number of carbonyl (C=O) groups excluding carboxylic acids is 1. The predicted molar refractivity (Wildman–Crippen MR) is 87.8 cm³/mol. The monoisotopic (exact) mass is 305 g/mol. The molecule has 1 rings (SSSR count). The summed E-state index contributed by atoms with van der Waals surface area (Å²) in [4.78, 5) is 22.8.